The molecule has 0 aliphatic carbocycles. The molecule has 6 N–H and O–H groups in total. The highest BCUT2D eigenvalue weighted by Gasteiger charge is 2.29. The smallest absolute Gasteiger partial charge is 0.240 e. The summed E-state index contributed by atoms with van der Waals surface area (Å²) in [5, 5.41) is 17.7. The van der Waals surface area contributed by atoms with E-state index in [0.717, 1.165) is 163 Å². The molecular formula is C69H75Cl3N24O3S3. The lowest BCUT2D eigenvalue weighted by Gasteiger charge is -2.36. The van der Waals surface area contributed by atoms with E-state index >= 15 is 0 Å². The fourth-order valence-corrected chi connectivity index (χ4v) is 14.6. The van der Waals surface area contributed by atoms with Crippen LogP contribution in [0, 0.1) is 0 Å². The number of anilines is 9. The SMILES string of the molecule is CN(C)c1ccc(-c2nc3ncc(Cl)c(N4CCN(CC(=O)Nc5nccs5)CC4)c3[nH]2)cc1.CN(C)c1ccc(-c2nc3ncc(Cl)c(N4CCN(CC(=O)Nc5nccs5)CC4)c3[nH]2)cc1.CN(C)c1ccc(-c2nc3ncc(Cl)c(N4CCN(CC(=O)Nc5nccs5)CC4)c3[nH]2)cc1. The first-order valence-corrected chi connectivity index (χ1v) is 36.7. The number of imidazole rings is 3. The van der Waals surface area contributed by atoms with Crippen LogP contribution in [0.25, 0.3) is 67.7 Å². The third-order valence-corrected chi connectivity index (χ3v) is 20.4. The van der Waals surface area contributed by atoms with E-state index in [0.29, 0.717) is 67.0 Å². The van der Waals surface area contributed by atoms with E-state index in [1.54, 1.807) is 37.2 Å². The first-order valence-electron chi connectivity index (χ1n) is 32.9. The molecule has 3 aromatic carbocycles. The maximum atomic E-state index is 12.3. The quantitative estimate of drug-likeness (QED) is 0.0466. The van der Waals surface area contributed by atoms with Crippen molar-refractivity contribution in [2.24, 2.45) is 0 Å². The molecule has 3 fully saturated rings. The van der Waals surface area contributed by atoms with Crippen LogP contribution in [-0.2, 0) is 14.4 Å². The van der Waals surface area contributed by atoms with Crippen molar-refractivity contribution in [2.45, 2.75) is 0 Å². The van der Waals surface area contributed by atoms with Crippen LogP contribution in [0.1, 0.15) is 0 Å². The average Bonchev–Trinajstić information content (AvgIpc) is 1.62. The Bertz CT molecular complexity index is 4320. The van der Waals surface area contributed by atoms with Crippen molar-refractivity contribution in [1.29, 1.82) is 0 Å². The largest absolute Gasteiger partial charge is 0.378 e. The molecule has 0 spiro atoms. The molecular weight excluding hydrogens is 1420 g/mol. The Balaban J connectivity index is 0.000000137. The second kappa shape index (κ2) is 32.1. The van der Waals surface area contributed by atoms with Gasteiger partial charge in [0.15, 0.2) is 32.3 Å². The number of aromatic amines is 3. The zero-order chi connectivity index (χ0) is 71.0. The molecule has 0 bridgehead atoms. The summed E-state index contributed by atoms with van der Waals surface area (Å²) in [6.07, 6.45) is 10.0. The van der Waals surface area contributed by atoms with Gasteiger partial charge in [0.2, 0.25) is 17.7 Å². The van der Waals surface area contributed by atoms with Crippen molar-refractivity contribution in [3.05, 3.63) is 141 Å². The summed E-state index contributed by atoms with van der Waals surface area (Å²) in [4.78, 5) is 106. The zero-order valence-corrected chi connectivity index (χ0v) is 61.6. The van der Waals surface area contributed by atoms with E-state index in [-0.39, 0.29) is 17.7 Å². The summed E-state index contributed by atoms with van der Waals surface area (Å²) in [6.45, 7) is 9.97. The molecule has 528 valence electrons. The Kier molecular flexibility index (Phi) is 22.3. The van der Waals surface area contributed by atoms with Gasteiger partial charge in [0.25, 0.3) is 0 Å². The van der Waals surface area contributed by atoms with Gasteiger partial charge < -0.3 is 60.3 Å². The molecule has 12 heterocycles. The molecule has 0 atom stereocenters. The number of rotatable bonds is 18. The highest BCUT2D eigenvalue weighted by atomic mass is 35.5. The van der Waals surface area contributed by atoms with Gasteiger partial charge in [-0.1, -0.05) is 34.8 Å². The van der Waals surface area contributed by atoms with Gasteiger partial charge >= 0.3 is 0 Å². The molecule has 33 heteroatoms. The number of piperazine rings is 3. The van der Waals surface area contributed by atoms with Crippen LogP contribution in [-0.4, -0.2) is 233 Å². The third-order valence-electron chi connectivity index (χ3n) is 17.5. The first kappa shape index (κ1) is 70.8. The summed E-state index contributed by atoms with van der Waals surface area (Å²) in [5.41, 5.74) is 13.4. The van der Waals surface area contributed by atoms with Gasteiger partial charge in [-0.05, 0) is 72.8 Å². The lowest BCUT2D eigenvalue weighted by Crippen LogP contribution is -2.48. The van der Waals surface area contributed by atoms with Crippen LogP contribution >= 0.6 is 68.8 Å². The summed E-state index contributed by atoms with van der Waals surface area (Å²) >= 11 is 24.1. The molecule has 0 saturated carbocycles. The number of fused-ring (bicyclic) bond motifs is 3. The van der Waals surface area contributed by atoms with E-state index in [2.05, 4.69) is 141 Å². The second-order valence-corrected chi connectivity index (χ2v) is 28.9. The molecule has 15 rings (SSSR count). The number of aromatic nitrogens is 12. The summed E-state index contributed by atoms with van der Waals surface area (Å²) in [5.74, 6) is 2.13. The Labute approximate surface area is 615 Å². The van der Waals surface area contributed by atoms with E-state index in [4.69, 9.17) is 49.8 Å². The number of carbonyl (C=O) groups is 3. The number of hydrogen-bond donors (Lipinski definition) is 6. The topological polar surface area (TPSA) is 280 Å². The van der Waals surface area contributed by atoms with E-state index in [1.165, 1.54) is 34.0 Å². The normalized spacial score (nSPS) is 14.5. The number of halogens is 3. The van der Waals surface area contributed by atoms with Gasteiger partial charge in [0.05, 0.1) is 70.4 Å². The predicted octanol–water partition coefficient (Wildman–Crippen LogP) is 10.7. The number of pyridine rings is 3. The van der Waals surface area contributed by atoms with Crippen LogP contribution in [0.3, 0.4) is 0 Å². The van der Waals surface area contributed by atoms with E-state index in [1.807, 2.05) is 94.8 Å². The third kappa shape index (κ3) is 16.9. The molecule has 3 aliphatic rings. The summed E-state index contributed by atoms with van der Waals surface area (Å²) < 4.78 is 0. The van der Waals surface area contributed by atoms with Crippen LogP contribution in [0.4, 0.5) is 49.5 Å². The number of nitrogens with zero attached hydrogens (tertiary/aromatic N) is 18. The second-order valence-electron chi connectivity index (χ2n) is 25.0. The van der Waals surface area contributed by atoms with Crippen LogP contribution in [0.15, 0.2) is 126 Å². The minimum absolute atomic E-state index is 0.0498. The molecule has 12 aromatic rings. The number of nitrogens with one attached hydrogen (secondary N) is 6. The number of benzene rings is 3. The zero-order valence-electron chi connectivity index (χ0n) is 56.9. The Hall–Kier alpha value is -9.63. The first-order chi connectivity index (χ1) is 49.4. The van der Waals surface area contributed by atoms with Crippen LogP contribution < -0.4 is 45.3 Å². The molecule has 3 aliphatic heterocycles. The van der Waals surface area contributed by atoms with E-state index < -0.39 is 0 Å². The number of thiazole rings is 3. The van der Waals surface area contributed by atoms with E-state index in [9.17, 15) is 14.4 Å². The Morgan fingerprint density at radius 2 is 0.647 bits per heavy atom. The Morgan fingerprint density at radius 3 is 0.873 bits per heavy atom. The van der Waals surface area contributed by atoms with Crippen molar-refractivity contribution in [3.63, 3.8) is 0 Å². The molecule has 9 aromatic heterocycles. The lowest BCUT2D eigenvalue weighted by atomic mass is 10.2. The van der Waals surface area contributed by atoms with Crippen molar-refractivity contribution in [3.8, 4) is 34.2 Å². The fourth-order valence-electron chi connectivity index (χ4n) is 12.2. The number of carbonyl (C=O) groups excluding carboxylic acids is 3. The predicted molar refractivity (Wildman–Crippen MR) is 414 cm³/mol. The van der Waals surface area contributed by atoms with Gasteiger partial charge in [-0.2, -0.15) is 0 Å². The fraction of sp³-hybridized carbons (Fsp3) is 0.304. The van der Waals surface area contributed by atoms with Crippen molar-refractivity contribution in [2.75, 3.05) is 186 Å². The molecule has 102 heavy (non-hydrogen) atoms. The van der Waals surface area contributed by atoms with Crippen LogP contribution in [0.2, 0.25) is 15.1 Å². The minimum Gasteiger partial charge on any atom is -0.378 e. The summed E-state index contributed by atoms with van der Waals surface area (Å²) in [6, 6.07) is 24.7. The van der Waals surface area contributed by atoms with Gasteiger partial charge in [-0.3, -0.25) is 29.1 Å². The van der Waals surface area contributed by atoms with Crippen LogP contribution in [0.5, 0.6) is 0 Å². The maximum absolute atomic E-state index is 12.3. The molecule has 3 saturated heterocycles. The minimum atomic E-state index is -0.0498. The number of amides is 3. The van der Waals surface area contributed by atoms with Crippen molar-refractivity contribution < 1.29 is 14.4 Å². The van der Waals surface area contributed by atoms with Crippen molar-refractivity contribution in [1.82, 2.24) is 74.5 Å². The van der Waals surface area contributed by atoms with Gasteiger partial charge in [0, 0.05) is 189 Å². The number of H-pyrrole nitrogens is 3. The highest BCUT2D eigenvalue weighted by molar-refractivity contribution is 7.14. The van der Waals surface area contributed by atoms with Gasteiger partial charge in [-0.15, -0.1) is 34.0 Å². The monoisotopic (exact) mass is 1490 g/mol. The number of hydrogen-bond acceptors (Lipinski definition) is 24. The lowest BCUT2D eigenvalue weighted by molar-refractivity contribution is -0.118. The molecule has 0 radical (unpaired) electrons. The Morgan fingerprint density at radius 1 is 0.392 bits per heavy atom. The standard InChI is InChI=1S/3C23H25ClN8OS/c3*1-30(2)16-5-3-15(4-6-16)21-28-19-20(17(24)13-26-22(19)29-21)32-10-8-31(9-11-32)14-18(33)27-23-25-7-12-34-23/h3*3-7,12-13H,8-11,14H2,1-2H3,(H,25,27,33)(H,26,28,29). The average molecular weight is 1490 g/mol. The maximum Gasteiger partial charge on any atom is 0.240 e. The summed E-state index contributed by atoms with van der Waals surface area (Å²) in [7, 11) is 12.1. The molecule has 3 amide bonds. The van der Waals surface area contributed by atoms with Gasteiger partial charge in [0.1, 0.15) is 34.0 Å². The van der Waals surface area contributed by atoms with Crippen molar-refractivity contribution >= 4 is 170 Å². The molecule has 0 unspecified atom stereocenters. The van der Waals surface area contributed by atoms with Gasteiger partial charge in [-0.25, -0.2) is 44.9 Å². The highest BCUT2D eigenvalue weighted by Crippen LogP contribution is 2.38. The molecule has 27 nitrogen and oxygen atoms in total.